The molecule has 0 aliphatic heterocycles. The number of benzene rings is 1. The fraction of sp³-hybridized carbons (Fsp3) is 0.700. The van der Waals surface area contributed by atoms with Gasteiger partial charge in [0.2, 0.25) is 0 Å². The Bertz CT molecular complexity index is 378. The van der Waals surface area contributed by atoms with Crippen molar-refractivity contribution in [2.45, 2.75) is 71.8 Å². The molecule has 0 fully saturated rings. The third kappa shape index (κ3) is 10.2. The summed E-state index contributed by atoms with van der Waals surface area (Å²) in [5.74, 6) is 0. The van der Waals surface area contributed by atoms with Gasteiger partial charge in [0.15, 0.2) is 0 Å². The van der Waals surface area contributed by atoms with E-state index in [0.717, 1.165) is 32.6 Å². The predicted molar refractivity (Wildman–Crippen MR) is 103 cm³/mol. The van der Waals surface area contributed by atoms with E-state index in [2.05, 4.69) is 55.7 Å². The quantitative estimate of drug-likeness (QED) is 0.432. The zero-order chi connectivity index (χ0) is 16.8. The maximum Gasteiger partial charge on any atom is 0.0482 e. The van der Waals surface area contributed by atoms with Crippen LogP contribution in [0.1, 0.15) is 65.7 Å². The molecule has 2 N–H and O–H groups in total. The Balaban J connectivity index is 2.17. The van der Waals surface area contributed by atoms with Crippen molar-refractivity contribution >= 4 is 11.4 Å². The molecule has 23 heavy (non-hydrogen) atoms. The van der Waals surface area contributed by atoms with Gasteiger partial charge in [-0.05, 0) is 50.5 Å². The van der Waals surface area contributed by atoms with Crippen molar-refractivity contribution in [1.82, 2.24) is 0 Å². The molecule has 1 aromatic carbocycles. The Morgan fingerprint density at radius 2 is 1.61 bits per heavy atom. The SMILES string of the molecule is CCCCCCC(C)Nc1ccc(NCCCOCCC)cc1. The normalized spacial score (nSPS) is 12.1. The summed E-state index contributed by atoms with van der Waals surface area (Å²) in [6.45, 7) is 9.35. The Morgan fingerprint density at radius 1 is 0.870 bits per heavy atom. The van der Waals surface area contributed by atoms with Gasteiger partial charge in [-0.3, -0.25) is 0 Å². The van der Waals surface area contributed by atoms with Crippen LogP contribution in [0.4, 0.5) is 11.4 Å². The molecule has 1 atom stereocenters. The average molecular weight is 321 g/mol. The molecule has 0 saturated carbocycles. The number of rotatable bonds is 14. The van der Waals surface area contributed by atoms with E-state index in [0.29, 0.717) is 6.04 Å². The largest absolute Gasteiger partial charge is 0.385 e. The second-order valence-electron chi connectivity index (χ2n) is 6.36. The van der Waals surface area contributed by atoms with Crippen LogP contribution in [0.25, 0.3) is 0 Å². The summed E-state index contributed by atoms with van der Waals surface area (Å²) in [6, 6.07) is 9.18. The van der Waals surface area contributed by atoms with Crippen molar-refractivity contribution in [2.75, 3.05) is 30.4 Å². The van der Waals surface area contributed by atoms with Gasteiger partial charge in [-0.25, -0.2) is 0 Å². The molecule has 0 saturated heterocycles. The number of ether oxygens (including phenoxy) is 1. The lowest BCUT2D eigenvalue weighted by atomic mass is 10.1. The van der Waals surface area contributed by atoms with Crippen LogP contribution in [-0.2, 0) is 4.74 Å². The fourth-order valence-corrected chi connectivity index (χ4v) is 2.57. The zero-order valence-corrected chi connectivity index (χ0v) is 15.4. The molecule has 3 nitrogen and oxygen atoms in total. The van der Waals surface area contributed by atoms with E-state index in [-0.39, 0.29) is 0 Å². The molecule has 0 heterocycles. The summed E-state index contributed by atoms with van der Waals surface area (Å²) < 4.78 is 5.48. The second-order valence-corrected chi connectivity index (χ2v) is 6.36. The molecular weight excluding hydrogens is 284 g/mol. The molecular formula is C20H36N2O. The zero-order valence-electron chi connectivity index (χ0n) is 15.4. The third-order valence-corrected chi connectivity index (χ3v) is 3.93. The highest BCUT2D eigenvalue weighted by Gasteiger charge is 2.02. The van der Waals surface area contributed by atoms with E-state index >= 15 is 0 Å². The highest BCUT2D eigenvalue weighted by atomic mass is 16.5. The van der Waals surface area contributed by atoms with Crippen molar-refractivity contribution in [3.63, 3.8) is 0 Å². The molecule has 3 heteroatoms. The van der Waals surface area contributed by atoms with Crippen molar-refractivity contribution in [1.29, 1.82) is 0 Å². The number of unbranched alkanes of at least 4 members (excludes halogenated alkanes) is 3. The van der Waals surface area contributed by atoms with Gasteiger partial charge in [-0.1, -0.05) is 39.5 Å². The first kappa shape index (κ1) is 19.8. The molecule has 0 amide bonds. The molecule has 0 aromatic heterocycles. The fourth-order valence-electron chi connectivity index (χ4n) is 2.57. The average Bonchev–Trinajstić information content (AvgIpc) is 2.56. The van der Waals surface area contributed by atoms with E-state index in [9.17, 15) is 0 Å². The lowest BCUT2D eigenvalue weighted by molar-refractivity contribution is 0.134. The van der Waals surface area contributed by atoms with Gasteiger partial charge in [0, 0.05) is 37.2 Å². The third-order valence-electron chi connectivity index (χ3n) is 3.93. The van der Waals surface area contributed by atoms with E-state index in [1.54, 1.807) is 0 Å². The second kappa shape index (κ2) is 13.2. The number of nitrogens with one attached hydrogen (secondary N) is 2. The van der Waals surface area contributed by atoms with Gasteiger partial charge < -0.3 is 15.4 Å². The first-order chi connectivity index (χ1) is 11.3. The number of anilines is 2. The van der Waals surface area contributed by atoms with Crippen LogP contribution in [0.15, 0.2) is 24.3 Å². The van der Waals surface area contributed by atoms with Gasteiger partial charge in [0.1, 0.15) is 0 Å². The van der Waals surface area contributed by atoms with Gasteiger partial charge >= 0.3 is 0 Å². The van der Waals surface area contributed by atoms with Gasteiger partial charge in [-0.2, -0.15) is 0 Å². The summed E-state index contributed by atoms with van der Waals surface area (Å²) in [5.41, 5.74) is 2.39. The summed E-state index contributed by atoms with van der Waals surface area (Å²) >= 11 is 0. The molecule has 0 bridgehead atoms. The minimum absolute atomic E-state index is 0.543. The van der Waals surface area contributed by atoms with Gasteiger partial charge in [0.05, 0.1) is 0 Å². The van der Waals surface area contributed by atoms with E-state index in [1.807, 2.05) is 0 Å². The number of hydrogen-bond acceptors (Lipinski definition) is 3. The standard InChI is InChI=1S/C20H36N2O/c1-4-6-7-8-10-18(3)22-20-13-11-19(12-14-20)21-15-9-17-23-16-5-2/h11-14,18,21-22H,4-10,15-17H2,1-3H3. The van der Waals surface area contributed by atoms with Gasteiger partial charge in [-0.15, -0.1) is 0 Å². The van der Waals surface area contributed by atoms with Crippen LogP contribution in [0.5, 0.6) is 0 Å². The lowest BCUT2D eigenvalue weighted by Crippen LogP contribution is -2.14. The van der Waals surface area contributed by atoms with Gasteiger partial charge in [0.25, 0.3) is 0 Å². The van der Waals surface area contributed by atoms with Crippen molar-refractivity contribution in [3.8, 4) is 0 Å². The lowest BCUT2D eigenvalue weighted by Gasteiger charge is -2.15. The molecule has 1 rings (SSSR count). The molecule has 1 aromatic rings. The van der Waals surface area contributed by atoms with E-state index < -0.39 is 0 Å². The Hall–Kier alpha value is -1.22. The molecule has 0 aliphatic rings. The summed E-state index contributed by atoms with van der Waals surface area (Å²) in [6.07, 6.45) is 8.73. The maximum atomic E-state index is 5.48. The summed E-state index contributed by atoms with van der Waals surface area (Å²) in [5, 5.41) is 7.03. The summed E-state index contributed by atoms with van der Waals surface area (Å²) in [4.78, 5) is 0. The highest BCUT2D eigenvalue weighted by Crippen LogP contribution is 2.16. The van der Waals surface area contributed by atoms with Crippen LogP contribution in [-0.4, -0.2) is 25.8 Å². The summed E-state index contributed by atoms with van der Waals surface area (Å²) in [7, 11) is 0. The van der Waals surface area contributed by atoms with Crippen LogP contribution in [0.3, 0.4) is 0 Å². The number of hydrogen-bond donors (Lipinski definition) is 2. The van der Waals surface area contributed by atoms with Crippen LogP contribution in [0.2, 0.25) is 0 Å². The van der Waals surface area contributed by atoms with Crippen LogP contribution < -0.4 is 10.6 Å². The van der Waals surface area contributed by atoms with Crippen molar-refractivity contribution < 1.29 is 4.74 Å². The first-order valence-electron chi connectivity index (χ1n) is 9.44. The monoisotopic (exact) mass is 320 g/mol. The Morgan fingerprint density at radius 3 is 2.30 bits per heavy atom. The predicted octanol–water partition coefficient (Wildman–Crippen LogP) is 5.69. The minimum atomic E-state index is 0.543. The van der Waals surface area contributed by atoms with E-state index in [1.165, 1.54) is 43.5 Å². The molecule has 0 spiro atoms. The molecule has 0 aliphatic carbocycles. The minimum Gasteiger partial charge on any atom is -0.385 e. The highest BCUT2D eigenvalue weighted by molar-refractivity contribution is 5.53. The van der Waals surface area contributed by atoms with E-state index in [4.69, 9.17) is 4.74 Å². The van der Waals surface area contributed by atoms with Crippen molar-refractivity contribution in [3.05, 3.63) is 24.3 Å². The first-order valence-corrected chi connectivity index (χ1v) is 9.44. The topological polar surface area (TPSA) is 33.3 Å². The maximum absolute atomic E-state index is 5.48. The molecule has 0 radical (unpaired) electrons. The van der Waals surface area contributed by atoms with Crippen molar-refractivity contribution in [2.24, 2.45) is 0 Å². The Kier molecular flexibility index (Phi) is 11.4. The van der Waals surface area contributed by atoms with Crippen LogP contribution >= 0.6 is 0 Å². The van der Waals surface area contributed by atoms with Crippen LogP contribution in [0, 0.1) is 0 Å². The molecule has 132 valence electrons. The Labute approximate surface area is 143 Å². The smallest absolute Gasteiger partial charge is 0.0482 e. The molecule has 1 unspecified atom stereocenters.